The standard InChI is InChI=1S/C20H20N2O2S/c1-15-14-25-20(21-15)22(17-9-4-3-5-10-17)19(23)13-12-16-8-6-7-11-18(16)24-2/h3-11,14H,12-13H2,1-2H3. The molecule has 128 valence electrons. The number of hydrogen-bond donors (Lipinski definition) is 0. The Morgan fingerprint density at radius 3 is 2.52 bits per heavy atom. The molecule has 0 aliphatic carbocycles. The van der Waals surface area contributed by atoms with E-state index in [1.165, 1.54) is 11.3 Å². The van der Waals surface area contributed by atoms with Gasteiger partial charge in [-0.3, -0.25) is 9.69 Å². The van der Waals surface area contributed by atoms with E-state index in [1.54, 1.807) is 12.0 Å². The number of nitrogens with zero attached hydrogens (tertiary/aromatic N) is 2. The number of methoxy groups -OCH3 is 1. The second-order valence-corrected chi connectivity index (χ2v) is 6.48. The minimum atomic E-state index is 0.0199. The lowest BCUT2D eigenvalue weighted by Crippen LogP contribution is -2.26. The molecule has 0 aliphatic heterocycles. The second-order valence-electron chi connectivity index (χ2n) is 5.65. The van der Waals surface area contributed by atoms with E-state index in [0.717, 1.165) is 22.7 Å². The quantitative estimate of drug-likeness (QED) is 0.642. The lowest BCUT2D eigenvalue weighted by atomic mass is 10.1. The summed E-state index contributed by atoms with van der Waals surface area (Å²) < 4.78 is 5.38. The molecule has 5 heteroatoms. The van der Waals surface area contributed by atoms with Gasteiger partial charge in [-0.05, 0) is 37.1 Å². The number of para-hydroxylation sites is 2. The number of carbonyl (C=O) groups excluding carboxylic acids is 1. The fourth-order valence-electron chi connectivity index (χ4n) is 2.65. The van der Waals surface area contributed by atoms with Crippen LogP contribution in [-0.4, -0.2) is 18.0 Å². The van der Waals surface area contributed by atoms with E-state index in [0.29, 0.717) is 18.0 Å². The number of carbonyl (C=O) groups is 1. The summed E-state index contributed by atoms with van der Waals surface area (Å²) in [5, 5.41) is 2.66. The van der Waals surface area contributed by atoms with Crippen LogP contribution in [0.4, 0.5) is 10.8 Å². The number of amides is 1. The first-order chi connectivity index (χ1) is 12.2. The summed E-state index contributed by atoms with van der Waals surface area (Å²) in [7, 11) is 1.65. The molecule has 0 saturated carbocycles. The van der Waals surface area contributed by atoms with Gasteiger partial charge in [0.15, 0.2) is 5.13 Å². The lowest BCUT2D eigenvalue weighted by molar-refractivity contribution is -0.117. The summed E-state index contributed by atoms with van der Waals surface area (Å²) in [6.07, 6.45) is 1.00. The number of rotatable bonds is 6. The van der Waals surface area contributed by atoms with E-state index < -0.39 is 0 Å². The maximum absolute atomic E-state index is 13.0. The molecule has 2 aromatic carbocycles. The molecule has 3 aromatic rings. The summed E-state index contributed by atoms with van der Waals surface area (Å²) in [5.41, 5.74) is 2.78. The topological polar surface area (TPSA) is 42.4 Å². The van der Waals surface area contributed by atoms with Crippen LogP contribution in [0.15, 0.2) is 60.0 Å². The van der Waals surface area contributed by atoms with E-state index in [1.807, 2.05) is 66.9 Å². The van der Waals surface area contributed by atoms with Gasteiger partial charge in [0.1, 0.15) is 5.75 Å². The SMILES string of the molecule is COc1ccccc1CCC(=O)N(c1ccccc1)c1nc(C)cs1. The zero-order valence-electron chi connectivity index (χ0n) is 14.3. The highest BCUT2D eigenvalue weighted by molar-refractivity contribution is 7.14. The van der Waals surface area contributed by atoms with Crippen molar-refractivity contribution < 1.29 is 9.53 Å². The van der Waals surface area contributed by atoms with Crippen molar-refractivity contribution in [2.45, 2.75) is 19.8 Å². The minimum Gasteiger partial charge on any atom is -0.496 e. The van der Waals surface area contributed by atoms with Crippen molar-refractivity contribution in [3.8, 4) is 5.75 Å². The van der Waals surface area contributed by atoms with Gasteiger partial charge in [-0.2, -0.15) is 0 Å². The normalized spacial score (nSPS) is 10.5. The van der Waals surface area contributed by atoms with Crippen LogP contribution in [0.5, 0.6) is 5.75 Å². The zero-order valence-corrected chi connectivity index (χ0v) is 15.1. The molecule has 0 fully saturated rings. The number of aromatic nitrogens is 1. The summed E-state index contributed by atoms with van der Waals surface area (Å²) in [6, 6.07) is 17.4. The lowest BCUT2D eigenvalue weighted by Gasteiger charge is -2.20. The number of benzene rings is 2. The van der Waals surface area contributed by atoms with Gasteiger partial charge >= 0.3 is 0 Å². The fraction of sp³-hybridized carbons (Fsp3) is 0.200. The van der Waals surface area contributed by atoms with E-state index >= 15 is 0 Å². The Kier molecular flexibility index (Phi) is 5.46. The third-order valence-electron chi connectivity index (χ3n) is 3.86. The Hall–Kier alpha value is -2.66. The average molecular weight is 352 g/mol. The van der Waals surface area contributed by atoms with Crippen LogP contribution in [-0.2, 0) is 11.2 Å². The zero-order chi connectivity index (χ0) is 17.6. The summed E-state index contributed by atoms with van der Waals surface area (Å²) in [4.78, 5) is 19.2. The van der Waals surface area contributed by atoms with E-state index in [2.05, 4.69) is 4.98 Å². The van der Waals surface area contributed by atoms with Crippen molar-refractivity contribution >= 4 is 28.1 Å². The fourth-order valence-corrected chi connectivity index (χ4v) is 3.48. The first-order valence-electron chi connectivity index (χ1n) is 8.11. The van der Waals surface area contributed by atoms with Crippen molar-refractivity contribution in [3.05, 3.63) is 71.2 Å². The molecule has 0 aliphatic rings. The molecule has 0 spiro atoms. The molecule has 0 N–H and O–H groups in total. The Morgan fingerprint density at radius 1 is 1.12 bits per heavy atom. The van der Waals surface area contributed by atoms with E-state index in [4.69, 9.17) is 4.74 Å². The van der Waals surface area contributed by atoms with Crippen LogP contribution >= 0.6 is 11.3 Å². The van der Waals surface area contributed by atoms with Crippen LogP contribution in [0.25, 0.3) is 0 Å². The highest BCUT2D eigenvalue weighted by Gasteiger charge is 2.21. The molecule has 1 heterocycles. The molecular weight excluding hydrogens is 332 g/mol. The first-order valence-corrected chi connectivity index (χ1v) is 8.99. The Bertz CT molecular complexity index is 846. The first kappa shape index (κ1) is 17.2. The van der Waals surface area contributed by atoms with Crippen LogP contribution in [0.2, 0.25) is 0 Å². The van der Waals surface area contributed by atoms with Gasteiger partial charge in [-0.25, -0.2) is 4.98 Å². The maximum Gasteiger partial charge on any atom is 0.233 e. The monoisotopic (exact) mass is 352 g/mol. The predicted octanol–water partition coefficient (Wildman–Crippen LogP) is 4.76. The number of thiazole rings is 1. The molecule has 1 aromatic heterocycles. The molecule has 4 nitrogen and oxygen atoms in total. The molecular formula is C20H20N2O2S. The largest absolute Gasteiger partial charge is 0.496 e. The maximum atomic E-state index is 13.0. The van der Waals surface area contributed by atoms with Gasteiger partial charge in [-0.15, -0.1) is 11.3 Å². The van der Waals surface area contributed by atoms with Gasteiger partial charge in [0, 0.05) is 11.8 Å². The number of anilines is 2. The van der Waals surface area contributed by atoms with Crippen LogP contribution in [0.1, 0.15) is 17.7 Å². The Balaban J connectivity index is 1.82. The molecule has 0 atom stereocenters. The predicted molar refractivity (Wildman–Crippen MR) is 102 cm³/mol. The van der Waals surface area contributed by atoms with Gasteiger partial charge < -0.3 is 4.74 Å². The smallest absolute Gasteiger partial charge is 0.233 e. The second kappa shape index (κ2) is 7.94. The van der Waals surface area contributed by atoms with Crippen LogP contribution < -0.4 is 9.64 Å². The third kappa shape index (κ3) is 4.06. The number of hydrogen-bond acceptors (Lipinski definition) is 4. The van der Waals surface area contributed by atoms with Crippen molar-refractivity contribution in [2.75, 3.05) is 12.0 Å². The molecule has 0 bridgehead atoms. The Morgan fingerprint density at radius 2 is 1.84 bits per heavy atom. The minimum absolute atomic E-state index is 0.0199. The van der Waals surface area contributed by atoms with Crippen molar-refractivity contribution in [2.24, 2.45) is 0 Å². The molecule has 3 rings (SSSR count). The Labute approximate surface area is 151 Å². The van der Waals surface area contributed by atoms with E-state index in [9.17, 15) is 4.79 Å². The van der Waals surface area contributed by atoms with Gasteiger partial charge in [0.2, 0.25) is 5.91 Å². The summed E-state index contributed by atoms with van der Waals surface area (Å²) >= 11 is 1.48. The van der Waals surface area contributed by atoms with Gasteiger partial charge in [0.05, 0.1) is 18.5 Å². The van der Waals surface area contributed by atoms with E-state index in [-0.39, 0.29) is 5.91 Å². The molecule has 0 radical (unpaired) electrons. The van der Waals surface area contributed by atoms with Crippen molar-refractivity contribution in [1.29, 1.82) is 0 Å². The van der Waals surface area contributed by atoms with Crippen molar-refractivity contribution in [1.82, 2.24) is 4.98 Å². The number of ether oxygens (including phenoxy) is 1. The highest BCUT2D eigenvalue weighted by Crippen LogP contribution is 2.30. The number of aryl methyl sites for hydroxylation is 2. The summed E-state index contributed by atoms with van der Waals surface area (Å²) in [5.74, 6) is 0.832. The van der Waals surface area contributed by atoms with Crippen molar-refractivity contribution in [3.63, 3.8) is 0 Å². The molecule has 0 saturated heterocycles. The molecule has 1 amide bonds. The highest BCUT2D eigenvalue weighted by atomic mass is 32.1. The van der Waals surface area contributed by atoms with Gasteiger partial charge in [-0.1, -0.05) is 36.4 Å². The van der Waals surface area contributed by atoms with Crippen LogP contribution in [0, 0.1) is 6.92 Å². The third-order valence-corrected chi connectivity index (χ3v) is 4.81. The molecule has 0 unspecified atom stereocenters. The average Bonchev–Trinajstić information content (AvgIpc) is 3.07. The van der Waals surface area contributed by atoms with Gasteiger partial charge in [0.25, 0.3) is 0 Å². The molecule has 25 heavy (non-hydrogen) atoms. The summed E-state index contributed by atoms with van der Waals surface area (Å²) in [6.45, 7) is 1.93. The van der Waals surface area contributed by atoms with Crippen LogP contribution in [0.3, 0.4) is 0 Å².